The van der Waals surface area contributed by atoms with Gasteiger partial charge in [0.2, 0.25) is 0 Å². The van der Waals surface area contributed by atoms with Crippen LogP contribution in [0.5, 0.6) is 0 Å². The van der Waals surface area contributed by atoms with Gasteiger partial charge in [-0.25, -0.2) is 9.59 Å². The van der Waals surface area contributed by atoms with Crippen molar-refractivity contribution in [1.29, 1.82) is 0 Å². The fourth-order valence-corrected chi connectivity index (χ4v) is 1.48. The highest BCUT2D eigenvalue weighted by atomic mass is 16.4. The van der Waals surface area contributed by atoms with Gasteiger partial charge in [-0.15, -0.1) is 0 Å². The first-order valence-electron chi connectivity index (χ1n) is 4.45. The molecule has 2 rings (SSSR count). The third-order valence-electron chi connectivity index (χ3n) is 2.18. The number of benzene rings is 1. The summed E-state index contributed by atoms with van der Waals surface area (Å²) in [5, 5.41) is 18.3. The SMILES string of the molecule is O=C(O)c1cc(C(=O)O)c2ncccc2c1. The number of carboxylic acids is 2. The van der Waals surface area contributed by atoms with E-state index < -0.39 is 11.9 Å². The largest absolute Gasteiger partial charge is 0.478 e. The highest BCUT2D eigenvalue weighted by Crippen LogP contribution is 2.19. The minimum Gasteiger partial charge on any atom is -0.478 e. The van der Waals surface area contributed by atoms with Crippen molar-refractivity contribution in [2.75, 3.05) is 0 Å². The number of carbonyl (C=O) groups is 2. The summed E-state index contributed by atoms with van der Waals surface area (Å²) in [6, 6.07) is 5.76. The molecular formula is C11H7NO4. The normalized spacial score (nSPS) is 10.2. The molecule has 0 aliphatic heterocycles. The Morgan fingerprint density at radius 2 is 1.88 bits per heavy atom. The van der Waals surface area contributed by atoms with Gasteiger partial charge in [-0.2, -0.15) is 0 Å². The number of nitrogens with zero attached hydrogens (tertiary/aromatic N) is 1. The third-order valence-corrected chi connectivity index (χ3v) is 2.18. The van der Waals surface area contributed by atoms with Gasteiger partial charge in [-0.05, 0) is 18.2 Å². The molecule has 80 valence electrons. The average Bonchev–Trinajstić information content (AvgIpc) is 2.27. The molecule has 0 unspecified atom stereocenters. The zero-order valence-electron chi connectivity index (χ0n) is 8.04. The van der Waals surface area contributed by atoms with Gasteiger partial charge in [-0.1, -0.05) is 6.07 Å². The zero-order valence-corrected chi connectivity index (χ0v) is 8.04. The summed E-state index contributed by atoms with van der Waals surface area (Å²) in [6.07, 6.45) is 1.47. The summed E-state index contributed by atoms with van der Waals surface area (Å²) in [6.45, 7) is 0. The predicted octanol–water partition coefficient (Wildman–Crippen LogP) is 1.63. The lowest BCUT2D eigenvalue weighted by Gasteiger charge is -2.03. The number of rotatable bonds is 2. The number of fused-ring (bicyclic) bond motifs is 1. The summed E-state index contributed by atoms with van der Waals surface area (Å²) in [4.78, 5) is 25.7. The van der Waals surface area contributed by atoms with Crippen LogP contribution in [0.25, 0.3) is 10.9 Å². The van der Waals surface area contributed by atoms with E-state index in [0.29, 0.717) is 10.9 Å². The van der Waals surface area contributed by atoms with E-state index in [1.165, 1.54) is 12.3 Å². The zero-order chi connectivity index (χ0) is 11.7. The second-order valence-electron chi connectivity index (χ2n) is 3.21. The van der Waals surface area contributed by atoms with Gasteiger partial charge in [0, 0.05) is 11.6 Å². The number of hydrogen-bond acceptors (Lipinski definition) is 3. The topological polar surface area (TPSA) is 87.5 Å². The Labute approximate surface area is 90.0 Å². The molecule has 0 saturated heterocycles. The summed E-state index contributed by atoms with van der Waals surface area (Å²) in [7, 11) is 0. The molecule has 0 bridgehead atoms. The lowest BCUT2D eigenvalue weighted by molar-refractivity contribution is 0.0696. The maximum Gasteiger partial charge on any atom is 0.337 e. The molecule has 16 heavy (non-hydrogen) atoms. The van der Waals surface area contributed by atoms with Gasteiger partial charge in [-0.3, -0.25) is 4.98 Å². The Bertz CT molecular complexity index is 592. The summed E-state index contributed by atoms with van der Waals surface area (Å²) >= 11 is 0. The van der Waals surface area contributed by atoms with E-state index >= 15 is 0 Å². The van der Waals surface area contributed by atoms with Crippen LogP contribution < -0.4 is 0 Å². The molecule has 0 radical (unpaired) electrons. The Morgan fingerprint density at radius 3 is 2.50 bits per heavy atom. The minimum absolute atomic E-state index is 0.0575. The first kappa shape index (κ1) is 10.1. The number of aromatic carboxylic acids is 2. The first-order valence-corrected chi connectivity index (χ1v) is 4.45. The van der Waals surface area contributed by atoms with Gasteiger partial charge in [0.15, 0.2) is 0 Å². The van der Waals surface area contributed by atoms with Gasteiger partial charge in [0.25, 0.3) is 0 Å². The van der Waals surface area contributed by atoms with Crippen LogP contribution in [-0.2, 0) is 0 Å². The molecule has 0 fully saturated rings. The molecule has 0 amide bonds. The Balaban J connectivity index is 2.84. The van der Waals surface area contributed by atoms with E-state index in [0.717, 1.165) is 6.07 Å². The lowest BCUT2D eigenvalue weighted by atomic mass is 10.1. The van der Waals surface area contributed by atoms with Crippen molar-refractivity contribution >= 4 is 22.8 Å². The molecule has 2 aromatic rings. The minimum atomic E-state index is -1.19. The highest BCUT2D eigenvalue weighted by Gasteiger charge is 2.14. The molecule has 1 aromatic carbocycles. The highest BCUT2D eigenvalue weighted by molar-refractivity contribution is 6.05. The number of aromatic nitrogens is 1. The molecule has 1 aromatic heterocycles. The van der Waals surface area contributed by atoms with Gasteiger partial charge < -0.3 is 10.2 Å². The van der Waals surface area contributed by atoms with Crippen molar-refractivity contribution in [2.24, 2.45) is 0 Å². The molecule has 5 nitrogen and oxygen atoms in total. The van der Waals surface area contributed by atoms with Crippen molar-refractivity contribution in [3.05, 3.63) is 41.6 Å². The predicted molar refractivity (Wildman–Crippen MR) is 55.7 cm³/mol. The van der Waals surface area contributed by atoms with Crippen LogP contribution >= 0.6 is 0 Å². The summed E-state index contributed by atoms with van der Waals surface area (Å²) < 4.78 is 0. The molecule has 5 heteroatoms. The maximum absolute atomic E-state index is 11.0. The number of pyridine rings is 1. The lowest BCUT2D eigenvalue weighted by Crippen LogP contribution is -2.04. The summed E-state index contributed by atoms with van der Waals surface area (Å²) in [5.41, 5.74) is 0.133. The van der Waals surface area contributed by atoms with Gasteiger partial charge in [0.05, 0.1) is 16.6 Å². The Kier molecular flexibility index (Phi) is 2.28. The standard InChI is InChI=1S/C11H7NO4/c13-10(14)7-4-6-2-1-3-12-9(6)8(5-7)11(15)16/h1-5H,(H,13,14)(H,15,16). The fraction of sp³-hybridized carbons (Fsp3) is 0. The van der Waals surface area contributed by atoms with Crippen LogP contribution in [0.4, 0.5) is 0 Å². The molecule has 2 N–H and O–H groups in total. The molecule has 1 heterocycles. The maximum atomic E-state index is 11.0. The molecule has 0 saturated carbocycles. The van der Waals surface area contributed by atoms with Crippen LogP contribution in [0.2, 0.25) is 0 Å². The second-order valence-corrected chi connectivity index (χ2v) is 3.21. The first-order chi connectivity index (χ1) is 7.59. The number of carboxylic acid groups (broad SMARTS) is 2. The van der Waals surface area contributed by atoms with E-state index in [1.807, 2.05) is 0 Å². The van der Waals surface area contributed by atoms with Crippen LogP contribution in [0, 0.1) is 0 Å². The third kappa shape index (κ3) is 1.58. The number of hydrogen-bond donors (Lipinski definition) is 2. The van der Waals surface area contributed by atoms with Crippen molar-refractivity contribution in [3.8, 4) is 0 Å². The van der Waals surface area contributed by atoms with Crippen molar-refractivity contribution in [1.82, 2.24) is 4.98 Å². The average molecular weight is 217 g/mol. The molecule has 0 aliphatic carbocycles. The van der Waals surface area contributed by atoms with Crippen LogP contribution in [0.3, 0.4) is 0 Å². The second kappa shape index (κ2) is 3.62. The van der Waals surface area contributed by atoms with E-state index in [9.17, 15) is 9.59 Å². The Morgan fingerprint density at radius 1 is 1.12 bits per heavy atom. The molecular weight excluding hydrogens is 210 g/mol. The molecule has 0 aliphatic rings. The van der Waals surface area contributed by atoms with Gasteiger partial charge >= 0.3 is 11.9 Å². The van der Waals surface area contributed by atoms with Crippen LogP contribution in [0.1, 0.15) is 20.7 Å². The van der Waals surface area contributed by atoms with Crippen LogP contribution in [-0.4, -0.2) is 27.1 Å². The van der Waals surface area contributed by atoms with Gasteiger partial charge in [0.1, 0.15) is 0 Å². The van der Waals surface area contributed by atoms with E-state index in [2.05, 4.69) is 4.98 Å². The van der Waals surface area contributed by atoms with Crippen molar-refractivity contribution < 1.29 is 19.8 Å². The molecule has 0 spiro atoms. The van der Waals surface area contributed by atoms with E-state index in [-0.39, 0.29) is 11.1 Å². The van der Waals surface area contributed by atoms with E-state index in [4.69, 9.17) is 10.2 Å². The fourth-order valence-electron chi connectivity index (χ4n) is 1.48. The monoisotopic (exact) mass is 217 g/mol. The van der Waals surface area contributed by atoms with Crippen molar-refractivity contribution in [3.63, 3.8) is 0 Å². The summed E-state index contributed by atoms with van der Waals surface area (Å²) in [5.74, 6) is -2.35. The molecule has 0 atom stereocenters. The Hall–Kier alpha value is -2.43. The van der Waals surface area contributed by atoms with Crippen molar-refractivity contribution in [2.45, 2.75) is 0 Å². The van der Waals surface area contributed by atoms with E-state index in [1.54, 1.807) is 12.1 Å². The smallest absolute Gasteiger partial charge is 0.337 e. The van der Waals surface area contributed by atoms with Crippen LogP contribution in [0.15, 0.2) is 30.5 Å². The quantitative estimate of drug-likeness (QED) is 0.798.